The molecule has 118 valence electrons. The molecular formula is C17H28N2O2. The number of aliphatic hydroxyl groups excluding tert-OH is 1. The van der Waals surface area contributed by atoms with Crippen LogP contribution in [0.4, 0.5) is 0 Å². The molecule has 1 fully saturated rings. The van der Waals surface area contributed by atoms with Gasteiger partial charge in [0.25, 0.3) is 0 Å². The van der Waals surface area contributed by atoms with Crippen LogP contribution in [-0.2, 0) is 4.74 Å². The van der Waals surface area contributed by atoms with E-state index in [1.54, 1.807) is 0 Å². The van der Waals surface area contributed by atoms with Crippen LogP contribution >= 0.6 is 0 Å². The van der Waals surface area contributed by atoms with Gasteiger partial charge in [-0.3, -0.25) is 4.90 Å². The summed E-state index contributed by atoms with van der Waals surface area (Å²) in [5.41, 5.74) is 2.30. The van der Waals surface area contributed by atoms with Crippen LogP contribution in [0.15, 0.2) is 24.3 Å². The molecule has 1 aliphatic rings. The largest absolute Gasteiger partial charge is 0.387 e. The van der Waals surface area contributed by atoms with Crippen molar-refractivity contribution in [2.45, 2.75) is 25.9 Å². The molecule has 1 saturated heterocycles. The number of aliphatic hydroxyl groups is 1. The molecule has 0 amide bonds. The first kappa shape index (κ1) is 16.4. The first-order valence-corrected chi connectivity index (χ1v) is 7.95. The highest BCUT2D eigenvalue weighted by Crippen LogP contribution is 2.18. The summed E-state index contributed by atoms with van der Waals surface area (Å²) in [7, 11) is 0. The number of hydrogen-bond donors (Lipinski definition) is 2. The Bertz CT molecular complexity index is 400. The average Bonchev–Trinajstić information content (AvgIpc) is 2.52. The van der Waals surface area contributed by atoms with E-state index in [0.717, 1.165) is 45.0 Å². The Kier molecular flexibility index (Phi) is 6.64. The third-order valence-electron chi connectivity index (χ3n) is 4.03. The Balaban J connectivity index is 1.67. The molecule has 1 unspecified atom stereocenters. The molecule has 1 aromatic rings. The maximum absolute atomic E-state index is 10.2. The van der Waals surface area contributed by atoms with Crippen molar-refractivity contribution in [3.63, 3.8) is 0 Å². The predicted octanol–water partition coefficient (Wildman–Crippen LogP) is 1.77. The molecule has 0 radical (unpaired) electrons. The summed E-state index contributed by atoms with van der Waals surface area (Å²) in [5, 5.41) is 13.5. The maximum atomic E-state index is 10.2. The SMILES string of the molecule is CC(C)c1ccc(C(O)CNCCN2CCOCC2)cc1. The van der Waals surface area contributed by atoms with Gasteiger partial charge in [0.15, 0.2) is 0 Å². The van der Waals surface area contributed by atoms with Crippen molar-refractivity contribution in [3.05, 3.63) is 35.4 Å². The first-order chi connectivity index (χ1) is 10.2. The second-order valence-electron chi connectivity index (χ2n) is 6.00. The van der Waals surface area contributed by atoms with Crippen LogP contribution < -0.4 is 5.32 Å². The normalized spacial score (nSPS) is 18.1. The van der Waals surface area contributed by atoms with Crippen LogP contribution in [0.5, 0.6) is 0 Å². The van der Waals surface area contributed by atoms with Crippen LogP contribution in [0, 0.1) is 0 Å². The zero-order chi connectivity index (χ0) is 15.1. The Labute approximate surface area is 128 Å². The summed E-state index contributed by atoms with van der Waals surface area (Å²) in [6.07, 6.45) is -0.434. The number of nitrogens with one attached hydrogen (secondary N) is 1. The second kappa shape index (κ2) is 8.49. The van der Waals surface area contributed by atoms with Gasteiger partial charge in [-0.05, 0) is 17.0 Å². The third-order valence-corrected chi connectivity index (χ3v) is 4.03. The van der Waals surface area contributed by atoms with Gasteiger partial charge in [-0.1, -0.05) is 38.1 Å². The number of benzene rings is 1. The number of rotatable bonds is 7. The van der Waals surface area contributed by atoms with Gasteiger partial charge in [0.1, 0.15) is 0 Å². The summed E-state index contributed by atoms with van der Waals surface area (Å²) >= 11 is 0. The van der Waals surface area contributed by atoms with Gasteiger partial charge < -0.3 is 15.2 Å². The van der Waals surface area contributed by atoms with Gasteiger partial charge in [-0.15, -0.1) is 0 Å². The zero-order valence-corrected chi connectivity index (χ0v) is 13.2. The van der Waals surface area contributed by atoms with Crippen molar-refractivity contribution in [2.75, 3.05) is 45.9 Å². The standard InChI is InChI=1S/C17H28N2O2/c1-14(2)15-3-5-16(6-4-15)17(20)13-18-7-8-19-9-11-21-12-10-19/h3-6,14,17-18,20H,7-13H2,1-2H3. The van der Waals surface area contributed by atoms with E-state index in [9.17, 15) is 5.11 Å². The fraction of sp³-hybridized carbons (Fsp3) is 0.647. The molecule has 1 atom stereocenters. The molecule has 2 rings (SSSR count). The highest BCUT2D eigenvalue weighted by Gasteiger charge is 2.11. The highest BCUT2D eigenvalue weighted by molar-refractivity contribution is 5.26. The van der Waals surface area contributed by atoms with Gasteiger partial charge in [-0.25, -0.2) is 0 Å². The molecule has 0 saturated carbocycles. The molecule has 0 spiro atoms. The molecule has 0 aliphatic carbocycles. The van der Waals surface area contributed by atoms with Gasteiger partial charge in [-0.2, -0.15) is 0 Å². The Morgan fingerprint density at radius 3 is 2.38 bits per heavy atom. The minimum atomic E-state index is -0.434. The zero-order valence-electron chi connectivity index (χ0n) is 13.2. The molecule has 1 aromatic carbocycles. The van der Waals surface area contributed by atoms with Crippen molar-refractivity contribution < 1.29 is 9.84 Å². The molecular weight excluding hydrogens is 264 g/mol. The lowest BCUT2D eigenvalue weighted by Gasteiger charge is -2.26. The van der Waals surface area contributed by atoms with Crippen LogP contribution in [0.3, 0.4) is 0 Å². The number of morpholine rings is 1. The lowest BCUT2D eigenvalue weighted by Crippen LogP contribution is -2.40. The molecule has 4 heteroatoms. The van der Waals surface area contributed by atoms with Crippen molar-refractivity contribution in [1.82, 2.24) is 10.2 Å². The van der Waals surface area contributed by atoms with Crippen LogP contribution in [0.2, 0.25) is 0 Å². The Morgan fingerprint density at radius 2 is 1.76 bits per heavy atom. The number of ether oxygens (including phenoxy) is 1. The highest BCUT2D eigenvalue weighted by atomic mass is 16.5. The summed E-state index contributed by atoms with van der Waals surface area (Å²) in [6, 6.07) is 8.28. The van der Waals surface area contributed by atoms with Crippen LogP contribution in [0.25, 0.3) is 0 Å². The third kappa shape index (κ3) is 5.40. The lowest BCUT2D eigenvalue weighted by molar-refractivity contribution is 0.0380. The summed E-state index contributed by atoms with van der Waals surface area (Å²) in [5.74, 6) is 0.530. The first-order valence-electron chi connectivity index (χ1n) is 7.95. The van der Waals surface area contributed by atoms with Crippen molar-refractivity contribution in [3.8, 4) is 0 Å². The van der Waals surface area contributed by atoms with Crippen molar-refractivity contribution in [1.29, 1.82) is 0 Å². The van der Waals surface area contributed by atoms with Gasteiger partial charge >= 0.3 is 0 Å². The van der Waals surface area contributed by atoms with Crippen molar-refractivity contribution in [2.24, 2.45) is 0 Å². The topological polar surface area (TPSA) is 44.7 Å². The van der Waals surface area contributed by atoms with E-state index in [-0.39, 0.29) is 0 Å². The van der Waals surface area contributed by atoms with E-state index in [1.165, 1.54) is 5.56 Å². The van der Waals surface area contributed by atoms with E-state index in [4.69, 9.17) is 4.74 Å². The average molecular weight is 292 g/mol. The van der Waals surface area contributed by atoms with E-state index in [1.807, 2.05) is 12.1 Å². The quantitative estimate of drug-likeness (QED) is 0.752. The maximum Gasteiger partial charge on any atom is 0.0914 e. The van der Waals surface area contributed by atoms with E-state index in [0.29, 0.717) is 12.5 Å². The van der Waals surface area contributed by atoms with E-state index in [2.05, 4.69) is 36.2 Å². The van der Waals surface area contributed by atoms with Crippen LogP contribution in [-0.4, -0.2) is 55.9 Å². The molecule has 1 heterocycles. The van der Waals surface area contributed by atoms with E-state index >= 15 is 0 Å². The minimum absolute atomic E-state index is 0.434. The van der Waals surface area contributed by atoms with E-state index < -0.39 is 6.10 Å². The monoisotopic (exact) mass is 292 g/mol. The Hall–Kier alpha value is -0.940. The molecule has 0 aromatic heterocycles. The summed E-state index contributed by atoms with van der Waals surface area (Å²) in [4.78, 5) is 2.39. The predicted molar refractivity (Wildman–Crippen MR) is 85.6 cm³/mol. The minimum Gasteiger partial charge on any atom is -0.387 e. The van der Waals surface area contributed by atoms with Crippen molar-refractivity contribution >= 4 is 0 Å². The smallest absolute Gasteiger partial charge is 0.0914 e. The molecule has 0 bridgehead atoms. The number of hydrogen-bond acceptors (Lipinski definition) is 4. The lowest BCUT2D eigenvalue weighted by atomic mass is 10.00. The van der Waals surface area contributed by atoms with Gasteiger partial charge in [0.2, 0.25) is 0 Å². The molecule has 21 heavy (non-hydrogen) atoms. The fourth-order valence-electron chi connectivity index (χ4n) is 2.52. The molecule has 4 nitrogen and oxygen atoms in total. The Morgan fingerprint density at radius 1 is 1.14 bits per heavy atom. The summed E-state index contributed by atoms with van der Waals surface area (Å²) < 4.78 is 5.33. The summed E-state index contributed by atoms with van der Waals surface area (Å²) in [6.45, 7) is 10.6. The van der Waals surface area contributed by atoms with Crippen LogP contribution in [0.1, 0.15) is 37.0 Å². The molecule has 2 N–H and O–H groups in total. The fourth-order valence-corrected chi connectivity index (χ4v) is 2.52. The van der Waals surface area contributed by atoms with Gasteiger partial charge in [0.05, 0.1) is 19.3 Å². The molecule has 1 aliphatic heterocycles. The number of nitrogens with zero attached hydrogens (tertiary/aromatic N) is 1. The van der Waals surface area contributed by atoms with Gasteiger partial charge in [0, 0.05) is 32.7 Å². The second-order valence-corrected chi connectivity index (χ2v) is 6.00.